The number of aliphatic hydroxyl groups is 1. The summed E-state index contributed by atoms with van der Waals surface area (Å²) in [6.07, 6.45) is 1.17. The first kappa shape index (κ1) is 31.9. The van der Waals surface area contributed by atoms with Crippen molar-refractivity contribution in [3.63, 3.8) is 0 Å². The molecule has 0 aromatic rings. The predicted octanol–water partition coefficient (Wildman–Crippen LogP) is 2.27. The fourth-order valence-corrected chi connectivity index (χ4v) is 6.64. The summed E-state index contributed by atoms with van der Waals surface area (Å²) < 4.78 is 32.3. The first-order valence-corrected chi connectivity index (χ1v) is 15.2. The molecule has 0 spiro atoms. The van der Waals surface area contributed by atoms with Gasteiger partial charge in [-0.25, -0.2) is 22.7 Å². The number of alkyl carbamates (subject to hydrolysis) is 1. The molecule has 13 heteroatoms. The Kier molecular flexibility index (Phi) is 8.73. The Morgan fingerprint density at radius 2 is 1.75 bits per heavy atom. The Hall–Kier alpha value is -2.67. The second kappa shape index (κ2) is 11.0. The zero-order valence-corrected chi connectivity index (χ0v) is 25.3. The summed E-state index contributed by atoms with van der Waals surface area (Å²) in [5.74, 6) is -1.64. The molecule has 1 saturated heterocycles. The minimum absolute atomic E-state index is 0.144. The van der Waals surface area contributed by atoms with Gasteiger partial charge in [0.25, 0.3) is 5.91 Å². The molecule has 1 aliphatic heterocycles. The van der Waals surface area contributed by atoms with Crippen molar-refractivity contribution in [2.45, 2.75) is 115 Å². The summed E-state index contributed by atoms with van der Waals surface area (Å²) in [7, 11) is -4.04. The summed E-state index contributed by atoms with van der Waals surface area (Å²) in [5.41, 5.74) is -1.61. The standard InChI is InChI=1S/C27H44N4O8S/c1-9-16-13-18(16)31(23(35)29-40(37,38)27(10-2)11-12-27)21(33)19-14-17(32)15-30(19)22(34)20(25(3,4)5)28-24(36)39-26(6,7)8/h9,16-20,32H,1,10-15H2,2-8H3,(H,28,36)(H,29,35)/t16-,17-,18-,19+,20-/m1/s1. The van der Waals surface area contributed by atoms with Crippen LogP contribution in [0.25, 0.3) is 0 Å². The van der Waals surface area contributed by atoms with Gasteiger partial charge in [0, 0.05) is 19.0 Å². The molecule has 3 rings (SSSR count). The highest BCUT2D eigenvalue weighted by Gasteiger charge is 2.56. The lowest BCUT2D eigenvalue weighted by atomic mass is 9.85. The van der Waals surface area contributed by atoms with E-state index in [0.717, 1.165) is 9.80 Å². The van der Waals surface area contributed by atoms with Gasteiger partial charge in [0.05, 0.1) is 10.9 Å². The Morgan fingerprint density at radius 3 is 2.20 bits per heavy atom. The number of aliphatic hydroxyl groups excluding tert-OH is 1. The fourth-order valence-electron chi connectivity index (χ4n) is 5.08. The Labute approximate surface area is 236 Å². The van der Waals surface area contributed by atoms with Crippen LogP contribution in [-0.2, 0) is 24.3 Å². The predicted molar refractivity (Wildman–Crippen MR) is 147 cm³/mol. The molecule has 12 nitrogen and oxygen atoms in total. The van der Waals surface area contributed by atoms with Crippen LogP contribution in [0.4, 0.5) is 9.59 Å². The van der Waals surface area contributed by atoms with Crippen molar-refractivity contribution in [1.29, 1.82) is 0 Å². The molecule has 0 unspecified atom stereocenters. The number of likely N-dealkylation sites (tertiary alicyclic amines) is 1. The molecular formula is C27H44N4O8S. The van der Waals surface area contributed by atoms with Crippen molar-refractivity contribution in [3.8, 4) is 0 Å². The minimum atomic E-state index is -4.04. The second-order valence-electron chi connectivity index (χ2n) is 13.2. The van der Waals surface area contributed by atoms with Gasteiger partial charge < -0.3 is 20.1 Å². The maximum absolute atomic E-state index is 13.9. The first-order valence-electron chi connectivity index (χ1n) is 13.8. The maximum atomic E-state index is 13.9. The molecule has 3 fully saturated rings. The molecule has 3 aliphatic rings. The Balaban J connectivity index is 1.88. The highest BCUT2D eigenvalue weighted by molar-refractivity contribution is 7.91. The number of carbonyl (C=O) groups excluding carboxylic acids is 4. The number of nitrogens with one attached hydrogen (secondary N) is 2. The zero-order valence-electron chi connectivity index (χ0n) is 24.5. The third kappa shape index (κ3) is 6.79. The van der Waals surface area contributed by atoms with Crippen molar-refractivity contribution in [1.82, 2.24) is 19.8 Å². The Morgan fingerprint density at radius 1 is 1.15 bits per heavy atom. The van der Waals surface area contributed by atoms with Crippen molar-refractivity contribution in [3.05, 3.63) is 12.7 Å². The van der Waals surface area contributed by atoms with Gasteiger partial charge in [-0.15, -0.1) is 6.58 Å². The van der Waals surface area contributed by atoms with Crippen LogP contribution in [0.5, 0.6) is 0 Å². The average molecular weight is 585 g/mol. The number of imide groups is 1. The molecule has 0 bridgehead atoms. The van der Waals surface area contributed by atoms with Crippen LogP contribution in [0.15, 0.2) is 12.7 Å². The van der Waals surface area contributed by atoms with E-state index in [1.54, 1.807) is 54.5 Å². The van der Waals surface area contributed by atoms with Gasteiger partial charge in [0.15, 0.2) is 0 Å². The number of amides is 5. The number of sulfonamides is 1. The quantitative estimate of drug-likeness (QED) is 0.366. The van der Waals surface area contributed by atoms with Gasteiger partial charge in [-0.05, 0) is 57.8 Å². The lowest BCUT2D eigenvalue weighted by Gasteiger charge is -2.36. The number of hydrogen-bond acceptors (Lipinski definition) is 8. The van der Waals surface area contributed by atoms with Crippen molar-refractivity contribution in [2.24, 2.45) is 11.3 Å². The van der Waals surface area contributed by atoms with Gasteiger partial charge in [0.2, 0.25) is 15.9 Å². The molecule has 5 amide bonds. The summed E-state index contributed by atoms with van der Waals surface area (Å²) in [6, 6.07) is -4.06. The van der Waals surface area contributed by atoms with Crippen LogP contribution in [0.2, 0.25) is 0 Å². The zero-order chi connectivity index (χ0) is 30.4. The summed E-state index contributed by atoms with van der Waals surface area (Å²) in [6.45, 7) is 15.5. The molecule has 2 aliphatic carbocycles. The van der Waals surface area contributed by atoms with Crippen molar-refractivity contribution >= 4 is 34.0 Å². The molecule has 1 heterocycles. The largest absolute Gasteiger partial charge is 0.444 e. The van der Waals surface area contributed by atoms with E-state index in [9.17, 15) is 32.7 Å². The number of urea groups is 1. The first-order chi connectivity index (χ1) is 18.3. The van der Waals surface area contributed by atoms with Crippen LogP contribution in [0, 0.1) is 11.3 Å². The van der Waals surface area contributed by atoms with Crippen molar-refractivity contribution in [2.75, 3.05) is 6.54 Å². The third-order valence-corrected chi connectivity index (χ3v) is 10.0. The molecule has 0 aromatic carbocycles. The number of nitrogens with zero attached hydrogens (tertiary/aromatic N) is 2. The van der Waals surface area contributed by atoms with E-state index < -0.39 is 74.0 Å². The van der Waals surface area contributed by atoms with Crippen LogP contribution in [0.1, 0.15) is 80.6 Å². The third-order valence-electron chi connectivity index (χ3n) is 7.76. The number of hydrogen-bond donors (Lipinski definition) is 3. The lowest BCUT2D eigenvalue weighted by Crippen LogP contribution is -2.60. The van der Waals surface area contributed by atoms with Gasteiger partial charge >= 0.3 is 12.1 Å². The molecule has 0 aromatic heterocycles. The maximum Gasteiger partial charge on any atom is 0.408 e. The molecule has 2 saturated carbocycles. The highest BCUT2D eigenvalue weighted by Crippen LogP contribution is 2.46. The van der Waals surface area contributed by atoms with E-state index in [1.165, 1.54) is 0 Å². The van der Waals surface area contributed by atoms with Gasteiger partial charge in [0.1, 0.15) is 17.7 Å². The lowest BCUT2D eigenvalue weighted by molar-refractivity contribution is -0.145. The van der Waals surface area contributed by atoms with E-state index >= 15 is 0 Å². The summed E-state index contributed by atoms with van der Waals surface area (Å²) in [4.78, 5) is 55.7. The molecule has 3 N–H and O–H groups in total. The van der Waals surface area contributed by atoms with Crippen molar-refractivity contribution < 1.29 is 37.4 Å². The van der Waals surface area contributed by atoms with E-state index in [0.29, 0.717) is 25.7 Å². The monoisotopic (exact) mass is 584 g/mol. The van der Waals surface area contributed by atoms with Crippen LogP contribution >= 0.6 is 0 Å². The molecule has 0 radical (unpaired) electrons. The second-order valence-corrected chi connectivity index (χ2v) is 15.3. The normalized spacial score (nSPS) is 26.4. The topological polar surface area (TPSA) is 162 Å². The number of β-amino-alcohol motifs (C(OH)–C–C–N with tert-alkyl or cyclic N) is 1. The molecule has 40 heavy (non-hydrogen) atoms. The van der Waals surface area contributed by atoms with E-state index in [1.807, 2.05) is 0 Å². The fraction of sp³-hybridized carbons (Fsp3) is 0.778. The average Bonchev–Trinajstić information content (AvgIpc) is 3.72. The number of rotatable bonds is 8. The smallest absolute Gasteiger partial charge is 0.408 e. The van der Waals surface area contributed by atoms with E-state index in [4.69, 9.17) is 4.74 Å². The van der Waals surface area contributed by atoms with Gasteiger partial charge in [-0.3, -0.25) is 14.5 Å². The van der Waals surface area contributed by atoms with Gasteiger partial charge in [-0.1, -0.05) is 33.8 Å². The van der Waals surface area contributed by atoms with E-state index in [-0.39, 0.29) is 18.9 Å². The Bertz CT molecular complexity index is 1150. The summed E-state index contributed by atoms with van der Waals surface area (Å²) >= 11 is 0. The minimum Gasteiger partial charge on any atom is -0.444 e. The van der Waals surface area contributed by atoms with Gasteiger partial charge in [-0.2, -0.15) is 0 Å². The molecular weight excluding hydrogens is 540 g/mol. The van der Waals surface area contributed by atoms with Crippen LogP contribution < -0.4 is 10.0 Å². The number of ether oxygens (including phenoxy) is 1. The summed E-state index contributed by atoms with van der Waals surface area (Å²) in [5, 5.41) is 13.1. The van der Waals surface area contributed by atoms with Crippen LogP contribution in [-0.4, -0.2) is 88.4 Å². The highest BCUT2D eigenvalue weighted by atomic mass is 32.2. The number of carbonyl (C=O) groups is 4. The molecule has 226 valence electrons. The molecule has 5 atom stereocenters. The van der Waals surface area contributed by atoms with Crippen LogP contribution in [0.3, 0.4) is 0 Å². The van der Waals surface area contributed by atoms with E-state index in [2.05, 4.69) is 16.6 Å². The SMILES string of the molecule is C=C[C@@H]1C[C@H]1N(C(=O)NS(=O)(=O)C1(CC)CC1)C(=O)[C@@H]1C[C@@H](O)CN1C(=O)[C@@H](NC(=O)OC(C)(C)C)C(C)(C)C.